The molecule has 0 spiro atoms. The molecule has 0 radical (unpaired) electrons. The third-order valence-corrected chi connectivity index (χ3v) is 5.53. The van der Waals surface area contributed by atoms with Crippen LogP contribution < -0.4 is 5.32 Å². The normalized spacial score (nSPS) is 27.0. The number of amides is 1. The molecule has 0 heterocycles. The van der Waals surface area contributed by atoms with Crippen molar-refractivity contribution in [3.8, 4) is 0 Å². The van der Waals surface area contributed by atoms with Crippen LogP contribution in [-0.4, -0.2) is 17.0 Å². The van der Waals surface area contributed by atoms with E-state index < -0.39 is 5.97 Å². The Bertz CT molecular complexity index is 584. The van der Waals surface area contributed by atoms with E-state index in [1.54, 1.807) is 18.2 Å². The van der Waals surface area contributed by atoms with Crippen LogP contribution in [0.5, 0.6) is 0 Å². The van der Waals surface area contributed by atoms with Gasteiger partial charge in [-0.2, -0.15) is 0 Å². The van der Waals surface area contributed by atoms with Gasteiger partial charge in [0, 0.05) is 11.6 Å². The highest BCUT2D eigenvalue weighted by Gasteiger charge is 2.35. The fourth-order valence-corrected chi connectivity index (χ4v) is 4.31. The second-order valence-electron chi connectivity index (χ2n) is 7.03. The summed E-state index contributed by atoms with van der Waals surface area (Å²) in [5.41, 5.74) is 1.31. The fraction of sp³-hybridized carbons (Fsp3) is 0.579. The molecule has 3 rings (SSSR count). The fourth-order valence-electron chi connectivity index (χ4n) is 4.31. The van der Waals surface area contributed by atoms with Crippen LogP contribution >= 0.6 is 0 Å². The predicted molar refractivity (Wildman–Crippen MR) is 89.2 cm³/mol. The number of carboxylic acid groups (broad SMARTS) is 1. The van der Waals surface area contributed by atoms with Crippen LogP contribution in [0.15, 0.2) is 24.3 Å². The molecule has 0 bridgehead atoms. The van der Waals surface area contributed by atoms with E-state index in [1.165, 1.54) is 32.1 Å². The Morgan fingerprint density at radius 2 is 1.78 bits per heavy atom. The van der Waals surface area contributed by atoms with E-state index in [0.717, 1.165) is 18.8 Å². The van der Waals surface area contributed by atoms with Gasteiger partial charge in [0.05, 0.1) is 6.42 Å². The lowest BCUT2D eigenvalue weighted by Crippen LogP contribution is -2.34. The van der Waals surface area contributed by atoms with Gasteiger partial charge in [-0.05, 0) is 42.7 Å². The Hall–Kier alpha value is -1.84. The molecule has 3 unspecified atom stereocenters. The zero-order valence-electron chi connectivity index (χ0n) is 13.5. The Balaban J connectivity index is 1.64. The molecule has 2 saturated carbocycles. The van der Waals surface area contributed by atoms with E-state index in [0.29, 0.717) is 17.2 Å². The first-order valence-electron chi connectivity index (χ1n) is 8.74. The van der Waals surface area contributed by atoms with E-state index in [2.05, 4.69) is 5.32 Å². The summed E-state index contributed by atoms with van der Waals surface area (Å²) in [4.78, 5) is 23.6. The third-order valence-electron chi connectivity index (χ3n) is 5.53. The number of fused-ring (bicyclic) bond motifs is 1. The number of carboxylic acids is 1. The molecule has 2 N–H and O–H groups in total. The molecule has 1 aromatic rings. The molecular weight excluding hydrogens is 290 g/mol. The molecule has 1 aromatic carbocycles. The van der Waals surface area contributed by atoms with Crippen LogP contribution in [0.4, 0.5) is 5.69 Å². The van der Waals surface area contributed by atoms with Crippen molar-refractivity contribution < 1.29 is 14.7 Å². The van der Waals surface area contributed by atoms with Crippen molar-refractivity contribution >= 4 is 17.6 Å². The number of hydrogen-bond donors (Lipinski definition) is 2. The van der Waals surface area contributed by atoms with Gasteiger partial charge in [0.2, 0.25) is 5.91 Å². The van der Waals surface area contributed by atoms with Crippen LogP contribution in [0.3, 0.4) is 0 Å². The number of nitrogens with one attached hydrogen (secondary N) is 1. The Kier molecular flexibility index (Phi) is 4.99. The minimum atomic E-state index is -0.880. The first-order valence-corrected chi connectivity index (χ1v) is 8.74. The third kappa shape index (κ3) is 3.92. The quantitative estimate of drug-likeness (QED) is 0.886. The molecule has 0 saturated heterocycles. The standard InChI is InChI=1S/C19H25NO3/c21-18(22)12-15-7-3-4-8-17(15)20-19(23)16-10-9-13-5-1-2-6-14(13)11-16/h3-4,7-8,13-14,16H,1-2,5-6,9-12H2,(H,20,23)(H,21,22). The summed E-state index contributed by atoms with van der Waals surface area (Å²) in [5, 5.41) is 12.0. The summed E-state index contributed by atoms with van der Waals surface area (Å²) in [6.07, 6.45) is 8.32. The van der Waals surface area contributed by atoms with Gasteiger partial charge in [0.15, 0.2) is 0 Å². The van der Waals surface area contributed by atoms with Gasteiger partial charge in [-0.15, -0.1) is 0 Å². The summed E-state index contributed by atoms with van der Waals surface area (Å²) < 4.78 is 0. The molecule has 4 nitrogen and oxygen atoms in total. The van der Waals surface area contributed by atoms with Crippen LogP contribution in [0.25, 0.3) is 0 Å². The number of benzene rings is 1. The van der Waals surface area contributed by atoms with Gasteiger partial charge in [0.25, 0.3) is 0 Å². The van der Waals surface area contributed by atoms with Gasteiger partial charge in [-0.1, -0.05) is 43.9 Å². The lowest BCUT2D eigenvalue weighted by molar-refractivity contribution is -0.136. The van der Waals surface area contributed by atoms with Crippen molar-refractivity contribution in [3.05, 3.63) is 29.8 Å². The van der Waals surface area contributed by atoms with E-state index in [4.69, 9.17) is 5.11 Å². The number of carbonyl (C=O) groups excluding carboxylic acids is 1. The van der Waals surface area contributed by atoms with E-state index in [9.17, 15) is 9.59 Å². The molecule has 124 valence electrons. The molecular formula is C19H25NO3. The lowest BCUT2D eigenvalue weighted by atomic mass is 9.67. The SMILES string of the molecule is O=C(O)Cc1ccccc1NC(=O)C1CCC2CCCCC2C1. The molecule has 0 aromatic heterocycles. The topological polar surface area (TPSA) is 66.4 Å². The molecule has 2 aliphatic rings. The zero-order valence-corrected chi connectivity index (χ0v) is 13.5. The maximum Gasteiger partial charge on any atom is 0.307 e. The highest BCUT2D eigenvalue weighted by atomic mass is 16.4. The first kappa shape index (κ1) is 16.0. The van der Waals surface area contributed by atoms with Gasteiger partial charge in [0.1, 0.15) is 0 Å². The van der Waals surface area contributed by atoms with Gasteiger partial charge >= 0.3 is 5.97 Å². The minimum Gasteiger partial charge on any atom is -0.481 e. The van der Waals surface area contributed by atoms with Crippen LogP contribution in [-0.2, 0) is 16.0 Å². The monoisotopic (exact) mass is 315 g/mol. The molecule has 2 fully saturated rings. The van der Waals surface area contributed by atoms with Gasteiger partial charge < -0.3 is 10.4 Å². The summed E-state index contributed by atoms with van der Waals surface area (Å²) in [7, 11) is 0. The number of carbonyl (C=O) groups is 2. The number of anilines is 1. The Labute approximate surface area is 137 Å². The van der Waals surface area contributed by atoms with Gasteiger partial charge in [-0.3, -0.25) is 9.59 Å². The molecule has 1 amide bonds. The minimum absolute atomic E-state index is 0.0619. The van der Waals surface area contributed by atoms with Crippen LogP contribution in [0.1, 0.15) is 50.5 Å². The Morgan fingerprint density at radius 1 is 1.04 bits per heavy atom. The second kappa shape index (κ2) is 7.16. The van der Waals surface area contributed by atoms with Gasteiger partial charge in [-0.25, -0.2) is 0 Å². The lowest BCUT2D eigenvalue weighted by Gasteiger charge is -2.38. The largest absolute Gasteiger partial charge is 0.481 e. The molecule has 23 heavy (non-hydrogen) atoms. The number of hydrogen-bond acceptors (Lipinski definition) is 2. The average Bonchev–Trinajstić information content (AvgIpc) is 2.55. The molecule has 4 heteroatoms. The summed E-state index contributed by atoms with van der Waals surface area (Å²) in [5.74, 6) is 0.795. The number of rotatable bonds is 4. The Morgan fingerprint density at radius 3 is 2.57 bits per heavy atom. The predicted octanol–water partition coefficient (Wildman–Crippen LogP) is 3.86. The van der Waals surface area contributed by atoms with E-state index in [1.807, 2.05) is 6.07 Å². The number of aliphatic carboxylic acids is 1. The maximum atomic E-state index is 12.6. The van der Waals surface area contributed by atoms with Crippen molar-refractivity contribution in [3.63, 3.8) is 0 Å². The molecule has 3 atom stereocenters. The smallest absolute Gasteiger partial charge is 0.307 e. The first-order chi connectivity index (χ1) is 11.1. The zero-order chi connectivity index (χ0) is 16.2. The highest BCUT2D eigenvalue weighted by molar-refractivity contribution is 5.94. The van der Waals surface area contributed by atoms with Crippen LogP contribution in [0, 0.1) is 17.8 Å². The maximum absolute atomic E-state index is 12.6. The summed E-state index contributed by atoms with van der Waals surface area (Å²) >= 11 is 0. The average molecular weight is 315 g/mol. The molecule has 2 aliphatic carbocycles. The summed E-state index contributed by atoms with van der Waals surface area (Å²) in [6, 6.07) is 7.20. The second-order valence-corrected chi connectivity index (χ2v) is 7.03. The van der Waals surface area contributed by atoms with Crippen molar-refractivity contribution in [2.24, 2.45) is 17.8 Å². The number of para-hydroxylation sites is 1. The summed E-state index contributed by atoms with van der Waals surface area (Å²) in [6.45, 7) is 0. The van der Waals surface area contributed by atoms with Crippen molar-refractivity contribution in [2.75, 3.05) is 5.32 Å². The van der Waals surface area contributed by atoms with Crippen LogP contribution in [0.2, 0.25) is 0 Å². The van der Waals surface area contributed by atoms with E-state index in [-0.39, 0.29) is 18.2 Å². The highest BCUT2D eigenvalue weighted by Crippen LogP contribution is 2.42. The van der Waals surface area contributed by atoms with Crippen molar-refractivity contribution in [1.82, 2.24) is 0 Å². The molecule has 0 aliphatic heterocycles. The van der Waals surface area contributed by atoms with E-state index >= 15 is 0 Å². The van der Waals surface area contributed by atoms with Crippen molar-refractivity contribution in [1.29, 1.82) is 0 Å². The van der Waals surface area contributed by atoms with Crippen molar-refractivity contribution in [2.45, 2.75) is 51.4 Å².